The first-order valence-corrected chi connectivity index (χ1v) is 7.02. The Morgan fingerprint density at radius 3 is 3.05 bits per heavy atom. The molecular formula is C14H16N2O3S. The lowest BCUT2D eigenvalue weighted by atomic mass is 10.1. The van der Waals surface area contributed by atoms with Crippen LogP contribution in [0.2, 0.25) is 0 Å². The average Bonchev–Trinajstić information content (AvgIpc) is 3.19. The molecule has 5 nitrogen and oxygen atoms in total. The molecule has 0 radical (unpaired) electrons. The van der Waals surface area contributed by atoms with Crippen molar-refractivity contribution < 1.29 is 14.3 Å². The molecule has 2 aromatic rings. The van der Waals surface area contributed by atoms with Gasteiger partial charge in [0.2, 0.25) is 0 Å². The van der Waals surface area contributed by atoms with Crippen molar-refractivity contribution in [1.29, 1.82) is 0 Å². The maximum Gasteiger partial charge on any atom is 0.266 e. The Morgan fingerprint density at radius 2 is 2.35 bits per heavy atom. The highest BCUT2D eigenvalue weighted by Gasteiger charge is 2.31. The molecule has 1 amide bonds. The zero-order valence-electron chi connectivity index (χ0n) is 11.1. The lowest BCUT2D eigenvalue weighted by molar-refractivity contribution is 0.0645. The summed E-state index contributed by atoms with van der Waals surface area (Å²) in [6, 6.07) is 5.17. The number of aliphatic hydroxyl groups excluding tert-OH is 1. The normalized spacial score (nSPS) is 16.3. The van der Waals surface area contributed by atoms with E-state index in [4.69, 9.17) is 16.6 Å². The van der Waals surface area contributed by atoms with Gasteiger partial charge in [-0.2, -0.15) is 0 Å². The number of H-pyrrole nitrogens is 1. The van der Waals surface area contributed by atoms with Crippen molar-refractivity contribution in [3.63, 3.8) is 0 Å². The molecule has 0 saturated heterocycles. The summed E-state index contributed by atoms with van der Waals surface area (Å²) in [4.78, 5) is 17.0. The van der Waals surface area contributed by atoms with Gasteiger partial charge in [-0.15, -0.1) is 0 Å². The number of hydrogen-bond acceptors (Lipinski definition) is 4. The molecule has 1 unspecified atom stereocenters. The predicted molar refractivity (Wildman–Crippen MR) is 77.1 cm³/mol. The van der Waals surface area contributed by atoms with Gasteiger partial charge >= 0.3 is 0 Å². The topological polar surface area (TPSA) is 69.5 Å². The van der Waals surface area contributed by atoms with Crippen molar-refractivity contribution in [1.82, 2.24) is 9.88 Å². The fraction of sp³-hybridized carbons (Fsp3) is 0.429. The molecule has 1 aliphatic rings. The molecule has 106 valence electrons. The number of benzene rings is 1. The Morgan fingerprint density at radius 1 is 1.60 bits per heavy atom. The van der Waals surface area contributed by atoms with E-state index >= 15 is 0 Å². The highest BCUT2D eigenvalue weighted by Crippen LogP contribution is 2.32. The summed E-state index contributed by atoms with van der Waals surface area (Å²) in [6.07, 6.45) is 1.68. The highest BCUT2D eigenvalue weighted by molar-refractivity contribution is 7.71. The minimum absolute atomic E-state index is 0.131. The van der Waals surface area contributed by atoms with Crippen molar-refractivity contribution in [2.45, 2.75) is 18.9 Å². The van der Waals surface area contributed by atoms with Gasteiger partial charge in [-0.25, -0.2) is 0 Å². The number of aliphatic hydroxyl groups is 1. The predicted octanol–water partition coefficient (Wildman–Crippen LogP) is 2.33. The number of oxazole rings is 1. The van der Waals surface area contributed by atoms with Gasteiger partial charge in [0.15, 0.2) is 5.58 Å². The second kappa shape index (κ2) is 5.03. The highest BCUT2D eigenvalue weighted by atomic mass is 32.1. The maximum atomic E-state index is 12.3. The third-order valence-corrected chi connectivity index (χ3v) is 3.83. The second-order valence-electron chi connectivity index (χ2n) is 5.32. The minimum Gasteiger partial charge on any atom is -0.429 e. The molecule has 20 heavy (non-hydrogen) atoms. The Balaban J connectivity index is 1.78. The first-order valence-electron chi connectivity index (χ1n) is 6.61. The lowest BCUT2D eigenvalue weighted by Gasteiger charge is -2.20. The van der Waals surface area contributed by atoms with Crippen molar-refractivity contribution in [2.75, 3.05) is 13.6 Å². The third-order valence-electron chi connectivity index (χ3n) is 3.64. The quantitative estimate of drug-likeness (QED) is 0.849. The van der Waals surface area contributed by atoms with E-state index in [1.807, 2.05) is 0 Å². The molecule has 0 aliphatic heterocycles. The van der Waals surface area contributed by atoms with Crippen molar-refractivity contribution in [3.8, 4) is 0 Å². The summed E-state index contributed by atoms with van der Waals surface area (Å²) in [5.41, 5.74) is 1.87. The lowest BCUT2D eigenvalue weighted by Crippen LogP contribution is -2.35. The number of rotatable bonds is 4. The fourth-order valence-electron chi connectivity index (χ4n) is 2.29. The van der Waals surface area contributed by atoms with Crippen LogP contribution in [0.1, 0.15) is 23.2 Å². The van der Waals surface area contributed by atoms with Crippen LogP contribution in [0.4, 0.5) is 0 Å². The van der Waals surface area contributed by atoms with Gasteiger partial charge in [0, 0.05) is 19.2 Å². The number of carbonyl (C=O) groups excluding carboxylic acids is 1. The summed E-state index contributed by atoms with van der Waals surface area (Å²) < 4.78 is 5.31. The molecule has 0 bridgehead atoms. The Hall–Kier alpha value is -1.66. The smallest absolute Gasteiger partial charge is 0.266 e. The van der Waals surface area contributed by atoms with Gasteiger partial charge in [-0.05, 0) is 49.2 Å². The number of aromatic nitrogens is 1. The van der Waals surface area contributed by atoms with E-state index in [-0.39, 0.29) is 5.91 Å². The standard InChI is InChI=1S/C14H16N2O3S/c1-16(7-11(17)8-2-3-8)13(18)9-4-5-10-12(6-9)19-14(20)15-10/h4-6,8,11,17H,2-3,7H2,1H3,(H,15,20). The van der Waals surface area contributed by atoms with Gasteiger partial charge < -0.3 is 19.4 Å². The SMILES string of the molecule is CN(CC(O)C1CC1)C(=O)c1ccc2[nH]c(=S)oc2c1. The van der Waals surface area contributed by atoms with E-state index < -0.39 is 6.10 Å². The summed E-state index contributed by atoms with van der Waals surface area (Å²) in [7, 11) is 1.70. The number of hydrogen-bond donors (Lipinski definition) is 2. The van der Waals surface area contributed by atoms with Crippen LogP contribution in [0.5, 0.6) is 0 Å². The minimum atomic E-state index is -0.427. The van der Waals surface area contributed by atoms with Gasteiger partial charge in [0.25, 0.3) is 10.7 Å². The Kier molecular flexibility index (Phi) is 3.35. The molecule has 1 heterocycles. The number of carbonyl (C=O) groups is 1. The largest absolute Gasteiger partial charge is 0.429 e. The van der Waals surface area contributed by atoms with Crippen LogP contribution in [0.3, 0.4) is 0 Å². The first kappa shape index (κ1) is 13.3. The molecule has 0 spiro atoms. The Bertz CT molecular complexity index is 702. The van der Waals surface area contributed by atoms with E-state index in [0.717, 1.165) is 18.4 Å². The van der Waals surface area contributed by atoms with Gasteiger partial charge in [0.1, 0.15) is 0 Å². The first-order chi connectivity index (χ1) is 9.54. The Labute approximate surface area is 121 Å². The van der Waals surface area contributed by atoms with Crippen LogP contribution in [0, 0.1) is 10.8 Å². The van der Waals surface area contributed by atoms with E-state index in [1.165, 1.54) is 0 Å². The van der Waals surface area contributed by atoms with E-state index in [0.29, 0.717) is 28.4 Å². The number of nitrogens with one attached hydrogen (secondary N) is 1. The van der Waals surface area contributed by atoms with Gasteiger partial charge in [-0.1, -0.05) is 0 Å². The van der Waals surface area contributed by atoms with Crippen LogP contribution in [0.15, 0.2) is 22.6 Å². The van der Waals surface area contributed by atoms with E-state index in [9.17, 15) is 9.90 Å². The third kappa shape index (κ3) is 2.62. The van der Waals surface area contributed by atoms with Crippen molar-refractivity contribution >= 4 is 29.2 Å². The molecule has 1 saturated carbocycles. The molecule has 1 aliphatic carbocycles. The molecule has 1 atom stereocenters. The number of amides is 1. The number of nitrogens with zero attached hydrogens (tertiary/aromatic N) is 1. The molecule has 1 aromatic heterocycles. The number of fused-ring (bicyclic) bond motifs is 1. The van der Waals surface area contributed by atoms with E-state index in [1.54, 1.807) is 30.1 Å². The van der Waals surface area contributed by atoms with Crippen molar-refractivity contribution in [3.05, 3.63) is 28.6 Å². The number of likely N-dealkylation sites (N-methyl/N-ethyl adjacent to an activating group) is 1. The molecular weight excluding hydrogens is 276 g/mol. The fourth-order valence-corrected chi connectivity index (χ4v) is 2.49. The molecule has 2 N–H and O–H groups in total. The van der Waals surface area contributed by atoms with Crippen LogP contribution in [-0.4, -0.2) is 40.6 Å². The van der Waals surface area contributed by atoms with Crippen LogP contribution in [0.25, 0.3) is 11.1 Å². The zero-order valence-corrected chi connectivity index (χ0v) is 11.9. The molecule has 1 fully saturated rings. The van der Waals surface area contributed by atoms with Crippen LogP contribution < -0.4 is 0 Å². The summed E-state index contributed by atoms with van der Waals surface area (Å²) in [6.45, 7) is 0.359. The molecule has 6 heteroatoms. The number of aromatic amines is 1. The van der Waals surface area contributed by atoms with Gasteiger partial charge in [0.05, 0.1) is 11.6 Å². The zero-order chi connectivity index (χ0) is 14.3. The summed E-state index contributed by atoms with van der Waals surface area (Å²) >= 11 is 4.92. The molecule has 3 rings (SSSR count). The van der Waals surface area contributed by atoms with E-state index in [2.05, 4.69) is 4.98 Å². The van der Waals surface area contributed by atoms with Crippen molar-refractivity contribution in [2.24, 2.45) is 5.92 Å². The monoisotopic (exact) mass is 292 g/mol. The van der Waals surface area contributed by atoms with Crippen LogP contribution >= 0.6 is 12.2 Å². The average molecular weight is 292 g/mol. The summed E-state index contributed by atoms with van der Waals surface area (Å²) in [5.74, 6) is 0.226. The van der Waals surface area contributed by atoms with Gasteiger partial charge in [-0.3, -0.25) is 4.79 Å². The maximum absolute atomic E-state index is 12.3. The molecule has 1 aromatic carbocycles. The van der Waals surface area contributed by atoms with Crippen LogP contribution in [-0.2, 0) is 0 Å². The second-order valence-corrected chi connectivity index (χ2v) is 5.69. The summed E-state index contributed by atoms with van der Waals surface area (Å²) in [5, 5.41) is 9.90.